The summed E-state index contributed by atoms with van der Waals surface area (Å²) < 4.78 is 2.31. The van der Waals surface area contributed by atoms with E-state index in [1.807, 2.05) is 6.92 Å². The lowest BCUT2D eigenvalue weighted by molar-refractivity contribution is -0.527. The number of amidine groups is 1. The fraction of sp³-hybridized carbons (Fsp3) is 0.880. The second-order valence-corrected chi connectivity index (χ2v) is 8.76. The molecule has 1 rings (SSSR count). The average Bonchev–Trinajstić information content (AvgIpc) is 3.06. The Bertz CT molecular complexity index is 446. The Kier molecular flexibility index (Phi) is 16.2. The molecular weight excluding hydrogens is 360 g/mol. The van der Waals surface area contributed by atoms with Crippen LogP contribution >= 0.6 is 0 Å². The van der Waals surface area contributed by atoms with Gasteiger partial charge in [0, 0.05) is 6.42 Å². The Hall–Kier alpha value is -0.870. The highest BCUT2D eigenvalue weighted by molar-refractivity contribution is 5.78. The van der Waals surface area contributed by atoms with Gasteiger partial charge in [-0.3, -0.25) is 9.48 Å². The van der Waals surface area contributed by atoms with E-state index < -0.39 is 0 Å². The number of aliphatic hydroxyl groups is 2. The first-order valence-electron chi connectivity index (χ1n) is 12.5. The van der Waals surface area contributed by atoms with Crippen LogP contribution in [0.3, 0.4) is 0 Å². The Labute approximate surface area is 180 Å². The van der Waals surface area contributed by atoms with Gasteiger partial charge in [0.25, 0.3) is 0 Å². The molecule has 0 bridgehead atoms. The predicted octanol–water partition coefficient (Wildman–Crippen LogP) is 5.12. The van der Waals surface area contributed by atoms with Gasteiger partial charge in [-0.15, -0.1) is 0 Å². The van der Waals surface area contributed by atoms with E-state index in [1.54, 1.807) is 0 Å². The van der Waals surface area contributed by atoms with Gasteiger partial charge >= 0.3 is 0 Å². The first-order chi connectivity index (χ1) is 14.2. The first kappa shape index (κ1) is 26.2. The van der Waals surface area contributed by atoms with E-state index in [9.17, 15) is 10.2 Å². The second kappa shape index (κ2) is 17.9. The molecule has 0 radical (unpaired) electrons. The molecule has 0 aromatic rings. The lowest BCUT2D eigenvalue weighted by Gasteiger charge is -2.13. The summed E-state index contributed by atoms with van der Waals surface area (Å²) in [4.78, 5) is 2.30. The quantitative estimate of drug-likeness (QED) is 0.177. The van der Waals surface area contributed by atoms with Gasteiger partial charge in [-0.25, -0.2) is 0 Å². The summed E-state index contributed by atoms with van der Waals surface area (Å²) >= 11 is 0. The van der Waals surface area contributed by atoms with E-state index in [1.165, 1.54) is 89.3 Å². The number of unbranched alkanes of at least 4 members (excludes halogenated alkanes) is 11. The van der Waals surface area contributed by atoms with Gasteiger partial charge in [-0.05, 0) is 39.0 Å². The molecule has 0 fully saturated rings. The van der Waals surface area contributed by atoms with Crippen LogP contribution in [0.2, 0.25) is 0 Å². The van der Waals surface area contributed by atoms with E-state index in [0.29, 0.717) is 6.54 Å². The lowest BCUT2D eigenvalue weighted by atomic mass is 10.1. The maximum atomic E-state index is 9.72. The Morgan fingerprint density at radius 1 is 0.931 bits per heavy atom. The van der Waals surface area contributed by atoms with Crippen molar-refractivity contribution in [3.8, 4) is 0 Å². The van der Waals surface area contributed by atoms with Crippen LogP contribution in [0.4, 0.5) is 0 Å². The normalized spacial score (nSPS) is 15.8. The maximum Gasteiger partial charge on any atom is 0.247 e. The number of hydrogen-bond acceptors (Lipinski definition) is 3. The van der Waals surface area contributed by atoms with Gasteiger partial charge in [-0.2, -0.15) is 0 Å². The van der Waals surface area contributed by atoms with Crippen LogP contribution in [0.1, 0.15) is 104 Å². The van der Waals surface area contributed by atoms with Crippen molar-refractivity contribution < 1.29 is 14.8 Å². The molecule has 0 aromatic heterocycles. The fourth-order valence-electron chi connectivity index (χ4n) is 4.25. The van der Waals surface area contributed by atoms with Crippen LogP contribution in [0.5, 0.6) is 0 Å². The highest BCUT2D eigenvalue weighted by Gasteiger charge is 2.29. The maximum absolute atomic E-state index is 9.72. The minimum Gasteiger partial charge on any atom is -0.392 e. The van der Waals surface area contributed by atoms with E-state index in [4.69, 9.17) is 0 Å². The molecule has 1 heterocycles. The van der Waals surface area contributed by atoms with Crippen LogP contribution in [-0.2, 0) is 0 Å². The zero-order chi connectivity index (χ0) is 21.2. The smallest absolute Gasteiger partial charge is 0.247 e. The van der Waals surface area contributed by atoms with Crippen molar-refractivity contribution in [2.45, 2.75) is 110 Å². The molecule has 0 aliphatic carbocycles. The molecule has 1 aliphatic heterocycles. The van der Waals surface area contributed by atoms with Crippen LogP contribution in [0.25, 0.3) is 0 Å². The molecule has 29 heavy (non-hydrogen) atoms. The molecule has 4 heteroatoms. The summed E-state index contributed by atoms with van der Waals surface area (Å²) in [6, 6.07) is 0. The number of allylic oxidation sites excluding steroid dienone is 2. The van der Waals surface area contributed by atoms with Gasteiger partial charge < -0.3 is 10.2 Å². The first-order valence-corrected chi connectivity index (χ1v) is 12.5. The van der Waals surface area contributed by atoms with Crippen molar-refractivity contribution in [1.29, 1.82) is 0 Å². The number of aliphatic hydroxyl groups excluding tert-OH is 2. The van der Waals surface area contributed by atoms with Gasteiger partial charge in [0.05, 0.1) is 12.7 Å². The highest BCUT2D eigenvalue weighted by Crippen LogP contribution is 2.13. The molecule has 1 atom stereocenters. The average molecular weight is 410 g/mol. The molecule has 1 aliphatic rings. The largest absolute Gasteiger partial charge is 0.392 e. The number of hydrogen-bond donors (Lipinski definition) is 2. The zero-order valence-corrected chi connectivity index (χ0v) is 19.5. The zero-order valence-electron chi connectivity index (χ0n) is 19.5. The van der Waals surface area contributed by atoms with Gasteiger partial charge in [0.2, 0.25) is 5.84 Å². The molecule has 0 saturated carbocycles. The van der Waals surface area contributed by atoms with Gasteiger partial charge in [0.1, 0.15) is 26.2 Å². The minimum atomic E-state index is -0.298. The van der Waals surface area contributed by atoms with Crippen LogP contribution < -0.4 is 0 Å². The Balaban J connectivity index is 2.04. The van der Waals surface area contributed by atoms with Crippen LogP contribution in [0.15, 0.2) is 12.2 Å². The van der Waals surface area contributed by atoms with Gasteiger partial charge in [-0.1, -0.05) is 70.4 Å². The van der Waals surface area contributed by atoms with Crippen molar-refractivity contribution in [3.05, 3.63) is 12.2 Å². The standard InChI is InChI=1S/C25H49N2O2/c1-3-4-5-6-7-8-9-10-11-12-13-14-15-16-17-18-25-26(21-22-28)19-20-27(25)23-24(2)29/h10-11,24,28-29H,3-9,12-23H2,1-2H3/q+1/b11-10-. The summed E-state index contributed by atoms with van der Waals surface area (Å²) in [6.45, 7) is 7.72. The number of rotatable bonds is 19. The molecule has 0 spiro atoms. The molecule has 170 valence electrons. The van der Waals surface area contributed by atoms with E-state index >= 15 is 0 Å². The van der Waals surface area contributed by atoms with Crippen LogP contribution in [0, 0.1) is 0 Å². The van der Waals surface area contributed by atoms with Crippen molar-refractivity contribution in [1.82, 2.24) is 4.90 Å². The third-order valence-electron chi connectivity index (χ3n) is 5.89. The number of nitrogens with zero attached hydrogens (tertiary/aromatic N) is 2. The molecule has 0 amide bonds. The molecule has 2 N–H and O–H groups in total. The fourth-order valence-corrected chi connectivity index (χ4v) is 4.25. The Morgan fingerprint density at radius 2 is 1.52 bits per heavy atom. The van der Waals surface area contributed by atoms with Crippen molar-refractivity contribution in [2.75, 3.05) is 32.8 Å². The predicted molar refractivity (Wildman–Crippen MR) is 125 cm³/mol. The monoisotopic (exact) mass is 409 g/mol. The second-order valence-electron chi connectivity index (χ2n) is 8.76. The highest BCUT2D eigenvalue weighted by atomic mass is 16.3. The molecule has 0 saturated heterocycles. The summed E-state index contributed by atoms with van der Waals surface area (Å²) in [5.41, 5.74) is 0. The minimum absolute atomic E-state index is 0.207. The summed E-state index contributed by atoms with van der Waals surface area (Å²) in [6.07, 6.45) is 22.8. The van der Waals surface area contributed by atoms with Crippen molar-refractivity contribution >= 4 is 5.84 Å². The third-order valence-corrected chi connectivity index (χ3v) is 5.89. The lowest BCUT2D eigenvalue weighted by Crippen LogP contribution is -2.33. The van der Waals surface area contributed by atoms with E-state index in [2.05, 4.69) is 28.6 Å². The topological polar surface area (TPSA) is 46.7 Å². The summed E-state index contributed by atoms with van der Waals surface area (Å²) in [7, 11) is 0. The SMILES string of the molecule is CCCCCCCC/C=C\CCCCCCCC1=[N+](CC(C)O)CCN1CCO. The van der Waals surface area contributed by atoms with Crippen molar-refractivity contribution in [3.63, 3.8) is 0 Å². The Morgan fingerprint density at radius 3 is 2.10 bits per heavy atom. The van der Waals surface area contributed by atoms with E-state index in [-0.39, 0.29) is 12.7 Å². The summed E-state index contributed by atoms with van der Waals surface area (Å²) in [5.74, 6) is 1.33. The molecule has 4 nitrogen and oxygen atoms in total. The van der Waals surface area contributed by atoms with Crippen molar-refractivity contribution in [2.24, 2.45) is 0 Å². The molecule has 1 unspecified atom stereocenters. The number of β-amino-alcohol motifs (C(OH)–C–C–N with tert-alkyl or cyclic N) is 2. The van der Waals surface area contributed by atoms with Crippen LogP contribution in [-0.4, -0.2) is 64.4 Å². The summed E-state index contributed by atoms with van der Waals surface area (Å²) in [5, 5.41) is 19.0. The molecular formula is C25H49N2O2+. The van der Waals surface area contributed by atoms with Gasteiger partial charge in [0.15, 0.2) is 0 Å². The third kappa shape index (κ3) is 13.1. The van der Waals surface area contributed by atoms with E-state index in [0.717, 1.165) is 26.1 Å². The molecule has 0 aromatic carbocycles.